The molecule has 0 aliphatic heterocycles. The number of carbonyl (C=O) groups excluding carboxylic acids is 2. The van der Waals surface area contributed by atoms with Gasteiger partial charge < -0.3 is 15.4 Å². The normalized spacial score (nSPS) is 19.2. The Balaban J connectivity index is 1.59. The van der Waals surface area contributed by atoms with E-state index in [2.05, 4.69) is 32.6 Å². The number of carbonyl (C=O) groups is 2. The van der Waals surface area contributed by atoms with Gasteiger partial charge in [0.15, 0.2) is 0 Å². The number of halogens is 1. The summed E-state index contributed by atoms with van der Waals surface area (Å²) in [5, 5.41) is 15.2. The number of rotatable bonds is 6. The Labute approximate surface area is 184 Å². The smallest absolute Gasteiger partial charge is 0.407 e. The van der Waals surface area contributed by atoms with Gasteiger partial charge in [-0.05, 0) is 36.1 Å². The average molecular weight is 470 g/mol. The highest BCUT2D eigenvalue weighted by atomic mass is 79.9. The van der Waals surface area contributed by atoms with Crippen molar-refractivity contribution in [1.82, 2.24) is 10.6 Å². The summed E-state index contributed by atoms with van der Waals surface area (Å²) in [6.07, 6.45) is 2.66. The van der Waals surface area contributed by atoms with Crippen LogP contribution < -0.4 is 10.6 Å². The maximum absolute atomic E-state index is 12.9. The molecule has 3 rings (SSSR count). The second kappa shape index (κ2) is 10.8. The predicted octanol–water partition coefficient (Wildman–Crippen LogP) is 4.62. The lowest BCUT2D eigenvalue weighted by molar-refractivity contribution is -0.127. The third-order valence-corrected chi connectivity index (χ3v) is 5.71. The summed E-state index contributed by atoms with van der Waals surface area (Å²) in [4.78, 5) is 25.2. The van der Waals surface area contributed by atoms with Gasteiger partial charge in [0.1, 0.15) is 12.6 Å². The van der Waals surface area contributed by atoms with E-state index in [1.165, 1.54) is 0 Å². The summed E-state index contributed by atoms with van der Waals surface area (Å²) in [6, 6.07) is 17.8. The number of nitriles is 1. The molecular formula is C23H24BrN3O3. The van der Waals surface area contributed by atoms with E-state index in [-0.39, 0.29) is 18.6 Å². The molecule has 0 heterocycles. The third kappa shape index (κ3) is 6.07. The molecule has 2 amide bonds. The van der Waals surface area contributed by atoms with E-state index in [4.69, 9.17) is 4.74 Å². The van der Waals surface area contributed by atoms with E-state index in [1.54, 1.807) is 6.07 Å². The SMILES string of the molecule is N#CC(NC(=O)[C@H]1CCCC[C@@H]1NC(=O)OCc1ccccc1)c1cccc(Br)c1. The predicted molar refractivity (Wildman–Crippen MR) is 116 cm³/mol. The molecule has 1 aliphatic rings. The Bertz CT molecular complexity index is 913. The summed E-state index contributed by atoms with van der Waals surface area (Å²) in [5.41, 5.74) is 1.61. The quantitative estimate of drug-likeness (QED) is 0.645. The molecule has 0 bridgehead atoms. The number of hydrogen-bond donors (Lipinski definition) is 2. The second-order valence-electron chi connectivity index (χ2n) is 7.33. The van der Waals surface area contributed by atoms with Crippen LogP contribution in [0.4, 0.5) is 4.79 Å². The van der Waals surface area contributed by atoms with Crippen LogP contribution in [0.5, 0.6) is 0 Å². The Morgan fingerprint density at radius 2 is 1.90 bits per heavy atom. The highest BCUT2D eigenvalue weighted by Gasteiger charge is 2.33. The van der Waals surface area contributed by atoms with Gasteiger partial charge in [-0.15, -0.1) is 0 Å². The van der Waals surface area contributed by atoms with Gasteiger partial charge in [0.05, 0.1) is 12.0 Å². The van der Waals surface area contributed by atoms with Crippen molar-refractivity contribution in [2.45, 2.75) is 44.4 Å². The van der Waals surface area contributed by atoms with Crippen LogP contribution in [0.1, 0.15) is 42.9 Å². The number of alkyl carbamates (subject to hydrolysis) is 1. The van der Waals surface area contributed by atoms with Gasteiger partial charge in [0.25, 0.3) is 0 Å². The molecule has 0 spiro atoms. The van der Waals surface area contributed by atoms with Gasteiger partial charge in [-0.1, -0.05) is 71.2 Å². The maximum Gasteiger partial charge on any atom is 0.407 e. The minimum absolute atomic E-state index is 0.176. The average Bonchev–Trinajstić information content (AvgIpc) is 2.77. The summed E-state index contributed by atoms with van der Waals surface area (Å²) >= 11 is 3.39. The first-order chi connectivity index (χ1) is 14.6. The zero-order chi connectivity index (χ0) is 21.3. The van der Waals surface area contributed by atoms with E-state index in [9.17, 15) is 14.9 Å². The largest absolute Gasteiger partial charge is 0.445 e. The molecule has 0 aromatic heterocycles. The Morgan fingerprint density at radius 1 is 1.13 bits per heavy atom. The Hall–Kier alpha value is -2.85. The van der Waals surface area contributed by atoms with E-state index in [1.807, 2.05) is 48.5 Å². The lowest BCUT2D eigenvalue weighted by Gasteiger charge is -2.31. The molecule has 30 heavy (non-hydrogen) atoms. The van der Waals surface area contributed by atoms with Gasteiger partial charge in [0.2, 0.25) is 5.91 Å². The van der Waals surface area contributed by atoms with E-state index < -0.39 is 18.1 Å². The summed E-state index contributed by atoms with van der Waals surface area (Å²) in [6.45, 7) is 0.176. The van der Waals surface area contributed by atoms with Crippen molar-refractivity contribution in [2.24, 2.45) is 5.92 Å². The molecule has 1 saturated carbocycles. The van der Waals surface area contributed by atoms with Crippen LogP contribution in [0, 0.1) is 17.2 Å². The molecule has 7 heteroatoms. The van der Waals surface area contributed by atoms with E-state index in [0.29, 0.717) is 18.4 Å². The van der Waals surface area contributed by atoms with Gasteiger partial charge in [-0.2, -0.15) is 5.26 Å². The molecule has 1 unspecified atom stereocenters. The highest BCUT2D eigenvalue weighted by molar-refractivity contribution is 9.10. The molecular weight excluding hydrogens is 446 g/mol. The fraction of sp³-hybridized carbons (Fsp3) is 0.348. The Kier molecular flexibility index (Phi) is 7.86. The van der Waals surface area contributed by atoms with Crippen molar-refractivity contribution in [3.63, 3.8) is 0 Å². The lowest BCUT2D eigenvalue weighted by atomic mass is 9.83. The van der Waals surface area contributed by atoms with E-state index >= 15 is 0 Å². The number of ether oxygens (including phenoxy) is 1. The first-order valence-corrected chi connectivity index (χ1v) is 10.8. The maximum atomic E-state index is 12.9. The lowest BCUT2D eigenvalue weighted by Crippen LogP contribution is -2.49. The zero-order valence-electron chi connectivity index (χ0n) is 16.5. The van der Waals surface area contributed by atoms with E-state index in [0.717, 1.165) is 22.9 Å². The number of amides is 2. The van der Waals surface area contributed by atoms with Gasteiger partial charge >= 0.3 is 6.09 Å². The van der Waals surface area contributed by atoms with Crippen molar-refractivity contribution >= 4 is 27.9 Å². The van der Waals surface area contributed by atoms with Crippen LogP contribution in [0.2, 0.25) is 0 Å². The molecule has 2 aromatic rings. The van der Waals surface area contributed by atoms with Crippen LogP contribution in [0.15, 0.2) is 59.1 Å². The number of nitrogens with zero attached hydrogens (tertiary/aromatic N) is 1. The monoisotopic (exact) mass is 469 g/mol. The van der Waals surface area contributed by atoms with Crippen LogP contribution >= 0.6 is 15.9 Å². The molecule has 0 radical (unpaired) electrons. The summed E-state index contributed by atoms with van der Waals surface area (Å²) in [7, 11) is 0. The molecule has 156 valence electrons. The number of nitrogens with one attached hydrogen (secondary N) is 2. The molecule has 2 aromatic carbocycles. The van der Waals surface area contributed by atoms with Gasteiger partial charge in [-0.3, -0.25) is 4.79 Å². The second-order valence-corrected chi connectivity index (χ2v) is 8.24. The van der Waals surface area contributed by atoms with Crippen LogP contribution in [0.3, 0.4) is 0 Å². The van der Waals surface area contributed by atoms with Crippen LogP contribution in [-0.4, -0.2) is 18.0 Å². The fourth-order valence-corrected chi connectivity index (χ4v) is 4.08. The van der Waals surface area contributed by atoms with Crippen molar-refractivity contribution in [3.05, 3.63) is 70.2 Å². The fourth-order valence-electron chi connectivity index (χ4n) is 3.66. The van der Waals surface area contributed by atoms with Crippen molar-refractivity contribution in [3.8, 4) is 6.07 Å². The van der Waals surface area contributed by atoms with Gasteiger partial charge in [-0.25, -0.2) is 4.79 Å². The minimum Gasteiger partial charge on any atom is -0.445 e. The number of benzene rings is 2. The van der Waals surface area contributed by atoms with Gasteiger partial charge in [0, 0.05) is 10.5 Å². The van der Waals surface area contributed by atoms with Crippen LogP contribution in [-0.2, 0) is 16.1 Å². The van der Waals surface area contributed by atoms with Crippen molar-refractivity contribution < 1.29 is 14.3 Å². The summed E-state index contributed by atoms with van der Waals surface area (Å²) < 4.78 is 6.14. The highest BCUT2D eigenvalue weighted by Crippen LogP contribution is 2.26. The minimum atomic E-state index is -0.748. The third-order valence-electron chi connectivity index (χ3n) is 5.22. The molecule has 1 aliphatic carbocycles. The standard InChI is InChI=1S/C23H24BrN3O3/c24-18-10-6-9-17(13-18)21(14-25)26-22(28)19-11-4-5-12-20(19)27-23(29)30-15-16-7-2-1-3-8-16/h1-3,6-10,13,19-21H,4-5,11-12,15H2,(H,26,28)(H,27,29)/t19-,20-,21?/m0/s1. The molecule has 3 atom stereocenters. The van der Waals surface area contributed by atoms with Crippen molar-refractivity contribution in [2.75, 3.05) is 0 Å². The molecule has 6 nitrogen and oxygen atoms in total. The topological polar surface area (TPSA) is 91.2 Å². The first-order valence-electron chi connectivity index (χ1n) is 9.99. The Morgan fingerprint density at radius 3 is 2.63 bits per heavy atom. The zero-order valence-corrected chi connectivity index (χ0v) is 18.1. The molecule has 1 fully saturated rings. The first kappa shape index (κ1) is 21.8. The van der Waals surface area contributed by atoms with Crippen molar-refractivity contribution in [1.29, 1.82) is 5.26 Å². The molecule has 0 saturated heterocycles. The summed E-state index contributed by atoms with van der Waals surface area (Å²) in [5.74, 6) is -0.624. The molecule has 2 N–H and O–H groups in total. The van der Waals surface area contributed by atoms with Crippen LogP contribution in [0.25, 0.3) is 0 Å². The number of hydrogen-bond acceptors (Lipinski definition) is 4.